The largest absolute Gasteiger partial charge is 0.456 e. The highest BCUT2D eigenvalue weighted by molar-refractivity contribution is 6.24. The van der Waals surface area contributed by atoms with E-state index in [1.165, 1.54) is 198 Å². The van der Waals surface area contributed by atoms with Crippen molar-refractivity contribution < 1.29 is 4.42 Å². The van der Waals surface area contributed by atoms with Crippen LogP contribution < -0.4 is 0 Å². The SMILES string of the molecule is CC1(C)c2cc3ccccc3cc2-c2cccc(-c3ccc(-c4c5ccccc5c(-c5ccc(-c6cccc7ccccc67)cc5)c5ccccc45)cc3)c21.CC1(C)c2cc3ccccc3cc2-c2cccc(-c3ccc(-c4c5ccccc5c(-c5ccc6oc7ccccc7c6c5)c5ccccc45)cc3)c21. The van der Waals surface area contributed by atoms with Crippen LogP contribution in [-0.2, 0) is 10.8 Å². The lowest BCUT2D eigenvalue weighted by atomic mass is 9.78. The average Bonchev–Trinajstić information content (AvgIpc) is 1.69. The second kappa shape index (κ2) is 24.2. The normalized spacial score (nSPS) is 13.2. The number of furan rings is 1. The molecule has 0 aliphatic heterocycles. The Morgan fingerprint density at radius 3 is 0.879 bits per heavy atom. The van der Waals surface area contributed by atoms with Crippen molar-refractivity contribution in [3.63, 3.8) is 0 Å². The van der Waals surface area contributed by atoms with Crippen LogP contribution in [0, 0.1) is 0 Å². The summed E-state index contributed by atoms with van der Waals surface area (Å²) in [7, 11) is 0. The molecule has 0 radical (unpaired) electrons. The van der Waals surface area contributed by atoms with Gasteiger partial charge < -0.3 is 4.42 Å². The molecule has 0 amide bonds. The van der Waals surface area contributed by atoms with E-state index in [1.807, 2.05) is 12.1 Å². The van der Waals surface area contributed by atoms with E-state index < -0.39 is 0 Å². The van der Waals surface area contributed by atoms with Gasteiger partial charge in [-0.15, -0.1) is 0 Å². The quantitative estimate of drug-likeness (QED) is 0.145. The van der Waals surface area contributed by atoms with Crippen LogP contribution in [-0.4, -0.2) is 0 Å². The Morgan fingerprint density at radius 2 is 0.458 bits per heavy atom. The van der Waals surface area contributed by atoms with Crippen molar-refractivity contribution in [1.29, 1.82) is 0 Å². The summed E-state index contributed by atoms with van der Waals surface area (Å²) in [5, 5.41) is 20.1. The van der Waals surface area contributed by atoms with Gasteiger partial charge in [0.25, 0.3) is 0 Å². The van der Waals surface area contributed by atoms with E-state index in [-0.39, 0.29) is 10.8 Å². The Hall–Kier alpha value is -13.2. The standard InChI is InChI=1S/C55H38.C51H34O/c1-55(2)51-34-41-15-4-3-14-40(41)33-50(51)49-24-12-23-44(54(49)55)37-27-31-39(32-28-37)53-47-20-9-7-18-45(47)52(46-19-8-10-21-48(46)53)38-29-25-36(26-30-38)43-22-11-16-35-13-5-6-17-42(35)43;1-51(2)45-30-34-13-4-3-12-33(34)28-43(45)42-20-11-19-36(50(42)51)31-22-24-32(25-23-31)48-38-15-5-7-17-40(38)49(41-18-8-6-16-39(41)48)35-26-27-47-44(29-35)37-14-9-10-21-46(37)52-47/h3-34H,1-2H3;3-30H,1-2H3. The lowest BCUT2D eigenvalue weighted by Crippen LogP contribution is -2.16. The molecule has 19 aromatic carbocycles. The fourth-order valence-electron chi connectivity index (χ4n) is 18.9. The first kappa shape index (κ1) is 62.4. The molecule has 20 aromatic rings. The van der Waals surface area contributed by atoms with Crippen LogP contribution in [0.2, 0.25) is 0 Å². The monoisotopic (exact) mass is 1360 g/mol. The van der Waals surface area contributed by atoms with Crippen LogP contribution in [0.5, 0.6) is 0 Å². The van der Waals surface area contributed by atoms with Gasteiger partial charge >= 0.3 is 0 Å². The van der Waals surface area contributed by atoms with E-state index in [2.05, 4.69) is 380 Å². The molecule has 22 rings (SSSR count). The van der Waals surface area contributed by atoms with E-state index in [0.717, 1.165) is 21.9 Å². The first-order valence-electron chi connectivity index (χ1n) is 37.5. The third kappa shape index (κ3) is 9.77. The summed E-state index contributed by atoms with van der Waals surface area (Å²) in [6, 6.07) is 135. The third-order valence-electron chi connectivity index (χ3n) is 23.8. The Labute approximate surface area is 622 Å². The van der Waals surface area contributed by atoms with Crippen molar-refractivity contribution in [2.45, 2.75) is 38.5 Å². The molecule has 0 fully saturated rings. The first-order valence-corrected chi connectivity index (χ1v) is 37.5. The van der Waals surface area contributed by atoms with Crippen LogP contribution in [0.15, 0.2) is 368 Å². The van der Waals surface area contributed by atoms with Gasteiger partial charge in [-0.3, -0.25) is 0 Å². The zero-order valence-corrected chi connectivity index (χ0v) is 60.0. The summed E-state index contributed by atoms with van der Waals surface area (Å²) in [6.45, 7) is 9.55. The third-order valence-corrected chi connectivity index (χ3v) is 23.8. The molecular weight excluding hydrogens is 1290 g/mol. The van der Waals surface area contributed by atoms with Crippen molar-refractivity contribution in [3.05, 3.63) is 386 Å². The van der Waals surface area contributed by atoms with E-state index in [0.29, 0.717) is 0 Å². The Kier molecular flexibility index (Phi) is 14.1. The van der Waals surface area contributed by atoms with Gasteiger partial charge in [0.2, 0.25) is 0 Å². The number of rotatable bonds is 7. The van der Waals surface area contributed by atoms with Gasteiger partial charge in [-0.2, -0.15) is 0 Å². The maximum absolute atomic E-state index is 6.21. The van der Waals surface area contributed by atoms with E-state index >= 15 is 0 Å². The smallest absolute Gasteiger partial charge is 0.135 e. The fourth-order valence-corrected chi connectivity index (χ4v) is 18.9. The second-order valence-corrected chi connectivity index (χ2v) is 30.4. The number of hydrogen-bond donors (Lipinski definition) is 0. The van der Waals surface area contributed by atoms with Crippen molar-refractivity contribution in [3.8, 4) is 100 Å². The van der Waals surface area contributed by atoms with E-state index in [4.69, 9.17) is 4.42 Å². The van der Waals surface area contributed by atoms with Crippen molar-refractivity contribution >= 4 is 97.3 Å². The number of fused-ring (bicyclic) bond motifs is 16. The topological polar surface area (TPSA) is 13.1 Å². The Balaban J connectivity index is 0.000000137. The summed E-state index contributed by atoms with van der Waals surface area (Å²) in [4.78, 5) is 0. The van der Waals surface area contributed by atoms with Crippen LogP contribution in [0.3, 0.4) is 0 Å². The van der Waals surface area contributed by atoms with Gasteiger partial charge in [0.15, 0.2) is 0 Å². The molecule has 0 bridgehead atoms. The van der Waals surface area contributed by atoms with Gasteiger partial charge in [-0.1, -0.05) is 349 Å². The molecule has 502 valence electrons. The highest BCUT2D eigenvalue weighted by atomic mass is 16.3. The number of hydrogen-bond acceptors (Lipinski definition) is 1. The van der Waals surface area contributed by atoms with Crippen LogP contribution in [0.1, 0.15) is 49.9 Å². The van der Waals surface area contributed by atoms with Gasteiger partial charge in [0, 0.05) is 21.6 Å². The van der Waals surface area contributed by atoms with Gasteiger partial charge in [-0.05, 0) is 240 Å². The van der Waals surface area contributed by atoms with Gasteiger partial charge in [0.1, 0.15) is 11.2 Å². The zero-order chi connectivity index (χ0) is 71.2. The average molecular weight is 1360 g/mol. The lowest BCUT2D eigenvalue weighted by molar-refractivity contribution is 0.663. The van der Waals surface area contributed by atoms with Crippen LogP contribution in [0.4, 0.5) is 0 Å². The zero-order valence-electron chi connectivity index (χ0n) is 60.0. The summed E-state index contributed by atoms with van der Waals surface area (Å²) in [6.07, 6.45) is 0. The predicted octanol–water partition coefficient (Wildman–Crippen LogP) is 29.6. The molecular formula is C106H72O. The number of benzene rings is 19. The molecule has 0 unspecified atom stereocenters. The summed E-state index contributed by atoms with van der Waals surface area (Å²) >= 11 is 0. The van der Waals surface area contributed by atoms with Crippen LogP contribution >= 0.6 is 0 Å². The highest BCUT2D eigenvalue weighted by Crippen LogP contribution is 2.56. The molecule has 107 heavy (non-hydrogen) atoms. The maximum Gasteiger partial charge on any atom is 0.135 e. The molecule has 1 aromatic heterocycles. The minimum atomic E-state index is -0.113. The molecule has 0 saturated heterocycles. The predicted molar refractivity (Wildman–Crippen MR) is 456 cm³/mol. The molecule has 0 N–H and O–H groups in total. The molecule has 0 saturated carbocycles. The highest BCUT2D eigenvalue weighted by Gasteiger charge is 2.40. The molecule has 1 heteroatoms. The molecule has 2 aliphatic rings. The van der Waals surface area contributed by atoms with Gasteiger partial charge in [-0.25, -0.2) is 0 Å². The van der Waals surface area contributed by atoms with Crippen molar-refractivity contribution in [1.82, 2.24) is 0 Å². The number of para-hydroxylation sites is 1. The minimum absolute atomic E-state index is 0.112. The first-order chi connectivity index (χ1) is 52.6. The summed E-state index contributed by atoms with van der Waals surface area (Å²) < 4.78 is 6.21. The molecule has 1 nitrogen and oxygen atoms in total. The Morgan fingerprint density at radius 1 is 0.178 bits per heavy atom. The molecule has 2 aliphatic carbocycles. The molecule has 0 spiro atoms. The van der Waals surface area contributed by atoms with Crippen molar-refractivity contribution in [2.24, 2.45) is 0 Å². The van der Waals surface area contributed by atoms with E-state index in [1.54, 1.807) is 0 Å². The molecule has 1 heterocycles. The van der Waals surface area contributed by atoms with E-state index in [9.17, 15) is 0 Å². The maximum atomic E-state index is 6.21. The van der Waals surface area contributed by atoms with Crippen LogP contribution in [0.25, 0.3) is 197 Å². The summed E-state index contributed by atoms with van der Waals surface area (Å²) in [5.41, 5.74) is 30.3. The fraction of sp³-hybridized carbons (Fsp3) is 0.0566. The summed E-state index contributed by atoms with van der Waals surface area (Å²) in [5.74, 6) is 0. The minimum Gasteiger partial charge on any atom is -0.456 e. The van der Waals surface area contributed by atoms with Crippen molar-refractivity contribution in [2.75, 3.05) is 0 Å². The lowest BCUT2D eigenvalue weighted by Gasteiger charge is -2.25. The second-order valence-electron chi connectivity index (χ2n) is 30.4. The van der Waals surface area contributed by atoms with Gasteiger partial charge in [0.05, 0.1) is 0 Å². The Bertz CT molecular complexity index is 6960. The molecule has 0 atom stereocenters.